The van der Waals surface area contributed by atoms with Gasteiger partial charge in [-0.05, 0) is 73.5 Å². The largest absolute Gasteiger partial charge is 0.497 e. The summed E-state index contributed by atoms with van der Waals surface area (Å²) in [5.74, 6) is 1.48. The fraction of sp³-hybridized carbons (Fsp3) is 0.172. The molecule has 10 heteroatoms. The van der Waals surface area contributed by atoms with Gasteiger partial charge in [-0.2, -0.15) is 0 Å². The highest BCUT2D eigenvalue weighted by molar-refractivity contribution is 6.03. The second kappa shape index (κ2) is 10.7. The van der Waals surface area contributed by atoms with E-state index in [0.717, 1.165) is 27.8 Å². The molecule has 3 aromatic carbocycles. The number of H-pyrrole nitrogens is 2. The summed E-state index contributed by atoms with van der Waals surface area (Å²) in [5, 5.41) is 15.3. The second-order valence-corrected chi connectivity index (χ2v) is 8.95. The maximum Gasteiger partial charge on any atom is 0.280 e. The van der Waals surface area contributed by atoms with Crippen molar-refractivity contribution in [3.63, 3.8) is 0 Å². The number of nitro benzene ring substituents is 1. The van der Waals surface area contributed by atoms with Crippen LogP contribution in [0.2, 0.25) is 0 Å². The van der Waals surface area contributed by atoms with Crippen LogP contribution in [0, 0.1) is 10.1 Å². The number of nitrogens with zero attached hydrogens (tertiary/aromatic N) is 3. The van der Waals surface area contributed by atoms with Gasteiger partial charge in [0.05, 0.1) is 36.1 Å². The van der Waals surface area contributed by atoms with Crippen LogP contribution in [0.4, 0.5) is 5.69 Å². The number of fused-ring (bicyclic) bond motifs is 1. The number of hydrogen-bond acceptors (Lipinski definition) is 6. The Morgan fingerprint density at radius 3 is 2.36 bits per heavy atom. The number of hydrogen-bond donors (Lipinski definition) is 2. The molecule has 0 saturated carbocycles. The predicted octanol–water partition coefficient (Wildman–Crippen LogP) is 5.29. The molecule has 2 aromatic heterocycles. The van der Waals surface area contributed by atoms with Crippen LogP contribution in [-0.4, -0.2) is 46.2 Å². The molecule has 5 aromatic rings. The fourth-order valence-electron chi connectivity index (χ4n) is 4.56. The van der Waals surface area contributed by atoms with Crippen molar-refractivity contribution >= 4 is 22.3 Å². The van der Waals surface area contributed by atoms with Crippen LogP contribution in [0.5, 0.6) is 11.5 Å². The molecule has 0 amide bonds. The number of methoxy groups -OCH3 is 2. The molecule has 2 N–H and O–H groups in total. The van der Waals surface area contributed by atoms with Gasteiger partial charge in [0.2, 0.25) is 0 Å². The van der Waals surface area contributed by atoms with Crippen LogP contribution >= 0.6 is 0 Å². The zero-order valence-corrected chi connectivity index (χ0v) is 21.7. The first kappa shape index (κ1) is 25.5. The van der Waals surface area contributed by atoms with Crippen LogP contribution in [0.15, 0.2) is 82.7 Å². The van der Waals surface area contributed by atoms with E-state index in [-0.39, 0.29) is 11.2 Å². The maximum absolute atomic E-state index is 13.7. The lowest BCUT2D eigenvalue weighted by Crippen LogP contribution is -2.20. The monoisotopic (exact) mass is 525 g/mol. The van der Waals surface area contributed by atoms with Crippen molar-refractivity contribution in [2.75, 3.05) is 20.8 Å². The summed E-state index contributed by atoms with van der Waals surface area (Å²) in [7, 11) is 3.23. The number of non-ortho nitro benzene ring substituents is 1. The normalized spacial score (nSPS) is 11.6. The van der Waals surface area contributed by atoms with Crippen LogP contribution in [0.3, 0.4) is 0 Å². The van der Waals surface area contributed by atoms with Crippen molar-refractivity contribution in [3.8, 4) is 28.4 Å². The molecular formula is C29H27N5O5. The summed E-state index contributed by atoms with van der Waals surface area (Å²) in [6.07, 6.45) is 2.64. The van der Waals surface area contributed by atoms with Crippen LogP contribution in [0.25, 0.3) is 27.8 Å². The van der Waals surface area contributed by atoms with Crippen molar-refractivity contribution in [2.45, 2.75) is 13.3 Å². The summed E-state index contributed by atoms with van der Waals surface area (Å²) in [6.45, 7) is 2.29. The van der Waals surface area contributed by atoms with E-state index in [1.807, 2.05) is 55.6 Å². The van der Waals surface area contributed by atoms with Gasteiger partial charge >= 0.3 is 0 Å². The number of ether oxygens (including phenoxy) is 2. The molecular weight excluding hydrogens is 498 g/mol. The lowest BCUT2D eigenvalue weighted by atomic mass is 10.0. The molecule has 0 bridgehead atoms. The SMILES string of the molecule is COc1ccc(-c2[nH]n(-c3ccc([N+](=O)[O-])cc3)c(=O)c2C(C)=NCCc2c[nH]c3ccc(OC)cc23)cc1. The van der Waals surface area contributed by atoms with E-state index in [0.29, 0.717) is 41.4 Å². The summed E-state index contributed by atoms with van der Waals surface area (Å²) in [6, 6.07) is 19.1. The molecule has 39 heavy (non-hydrogen) atoms. The number of aromatic nitrogens is 3. The van der Waals surface area contributed by atoms with Gasteiger partial charge in [-0.15, -0.1) is 0 Å². The van der Waals surface area contributed by atoms with Crippen LogP contribution in [0.1, 0.15) is 18.1 Å². The van der Waals surface area contributed by atoms with E-state index in [2.05, 4.69) is 10.1 Å². The van der Waals surface area contributed by atoms with Crippen molar-refractivity contribution in [1.29, 1.82) is 0 Å². The van der Waals surface area contributed by atoms with E-state index >= 15 is 0 Å². The maximum atomic E-state index is 13.7. The van der Waals surface area contributed by atoms with Gasteiger partial charge in [0, 0.05) is 47.1 Å². The molecule has 0 atom stereocenters. The molecule has 0 fully saturated rings. The zero-order valence-electron chi connectivity index (χ0n) is 21.7. The lowest BCUT2D eigenvalue weighted by molar-refractivity contribution is -0.384. The Bertz CT molecular complexity index is 1730. The van der Waals surface area contributed by atoms with E-state index in [1.165, 1.54) is 28.9 Å². The topological polar surface area (TPSA) is 128 Å². The Labute approximate surface area is 223 Å². The van der Waals surface area contributed by atoms with Crippen LogP contribution < -0.4 is 15.0 Å². The zero-order chi connectivity index (χ0) is 27.5. The van der Waals surface area contributed by atoms with Gasteiger partial charge in [-0.3, -0.25) is 25.0 Å². The number of benzene rings is 3. The first-order chi connectivity index (χ1) is 18.9. The van der Waals surface area contributed by atoms with Crippen molar-refractivity contribution < 1.29 is 14.4 Å². The third-order valence-electron chi connectivity index (χ3n) is 6.65. The summed E-state index contributed by atoms with van der Waals surface area (Å²) < 4.78 is 12.0. The Kier molecular flexibility index (Phi) is 7.00. The molecule has 0 spiro atoms. The molecule has 0 saturated heterocycles. The Hall–Kier alpha value is -5.12. The Balaban J connectivity index is 1.51. The first-order valence-electron chi connectivity index (χ1n) is 12.3. The molecule has 198 valence electrons. The van der Waals surface area contributed by atoms with Gasteiger partial charge in [0.15, 0.2) is 0 Å². The fourth-order valence-corrected chi connectivity index (χ4v) is 4.56. The lowest BCUT2D eigenvalue weighted by Gasteiger charge is -2.05. The third-order valence-corrected chi connectivity index (χ3v) is 6.65. The summed E-state index contributed by atoms with van der Waals surface area (Å²) >= 11 is 0. The third kappa shape index (κ3) is 5.04. The van der Waals surface area contributed by atoms with Gasteiger partial charge in [-0.25, -0.2) is 4.68 Å². The minimum Gasteiger partial charge on any atom is -0.497 e. The average Bonchev–Trinajstić information content (AvgIpc) is 3.53. The molecule has 2 heterocycles. The number of rotatable bonds is 9. The van der Waals surface area contributed by atoms with E-state index in [1.54, 1.807) is 14.2 Å². The summed E-state index contributed by atoms with van der Waals surface area (Å²) in [5.41, 5.74) is 4.64. The highest BCUT2D eigenvalue weighted by Crippen LogP contribution is 2.26. The highest BCUT2D eigenvalue weighted by Gasteiger charge is 2.20. The highest BCUT2D eigenvalue weighted by atomic mass is 16.6. The number of nitrogens with one attached hydrogen (secondary N) is 2. The molecule has 10 nitrogen and oxygen atoms in total. The Morgan fingerprint density at radius 1 is 1.00 bits per heavy atom. The number of aromatic amines is 2. The smallest absolute Gasteiger partial charge is 0.280 e. The Morgan fingerprint density at radius 2 is 1.69 bits per heavy atom. The van der Waals surface area contributed by atoms with E-state index in [4.69, 9.17) is 14.5 Å². The second-order valence-electron chi connectivity index (χ2n) is 8.95. The molecule has 0 aliphatic carbocycles. The first-order valence-corrected chi connectivity index (χ1v) is 12.3. The standard InChI is InChI=1S/C29H27N5O5/c1-18(30-15-14-20-17-31-26-13-12-24(39-3)16-25(20)26)27-28(19-4-10-23(38-2)11-5-19)32-33(29(27)35)21-6-8-22(9-7-21)34(36)37/h4-13,16-17,31-32H,14-15H2,1-3H3. The van der Waals surface area contributed by atoms with Crippen molar-refractivity contribution in [3.05, 3.63) is 105 Å². The summed E-state index contributed by atoms with van der Waals surface area (Å²) in [4.78, 5) is 32.3. The molecule has 0 aliphatic heterocycles. The number of nitro groups is 1. The van der Waals surface area contributed by atoms with Gasteiger partial charge in [0.1, 0.15) is 11.5 Å². The van der Waals surface area contributed by atoms with Gasteiger partial charge in [0.25, 0.3) is 11.2 Å². The average molecular weight is 526 g/mol. The molecule has 0 radical (unpaired) electrons. The van der Waals surface area contributed by atoms with Crippen molar-refractivity contribution in [1.82, 2.24) is 14.8 Å². The quantitative estimate of drug-likeness (QED) is 0.154. The number of aliphatic imine (C=N–C) groups is 1. The molecule has 0 aliphatic rings. The van der Waals surface area contributed by atoms with E-state index in [9.17, 15) is 14.9 Å². The molecule has 0 unspecified atom stereocenters. The molecule has 5 rings (SSSR count). The minimum absolute atomic E-state index is 0.0541. The van der Waals surface area contributed by atoms with Gasteiger partial charge < -0.3 is 14.5 Å². The van der Waals surface area contributed by atoms with Crippen molar-refractivity contribution in [2.24, 2.45) is 4.99 Å². The van der Waals surface area contributed by atoms with Crippen LogP contribution in [-0.2, 0) is 6.42 Å². The minimum atomic E-state index is -0.476. The van der Waals surface area contributed by atoms with Gasteiger partial charge in [-0.1, -0.05) is 0 Å². The van der Waals surface area contributed by atoms with E-state index < -0.39 is 4.92 Å². The predicted molar refractivity (Wildman–Crippen MR) is 151 cm³/mol.